The minimum atomic E-state index is -1.03. The van der Waals surface area contributed by atoms with E-state index in [0.29, 0.717) is 11.4 Å². The number of amides is 1. The van der Waals surface area contributed by atoms with Gasteiger partial charge in [0.2, 0.25) is 5.91 Å². The van der Waals surface area contributed by atoms with Crippen molar-refractivity contribution in [3.05, 3.63) is 47.1 Å². The van der Waals surface area contributed by atoms with Gasteiger partial charge in [-0.25, -0.2) is 4.79 Å². The molecule has 0 bridgehead atoms. The van der Waals surface area contributed by atoms with E-state index in [-0.39, 0.29) is 12.3 Å². The quantitative estimate of drug-likeness (QED) is 0.134. The molecular formula is C29H43ClN2O3. The summed E-state index contributed by atoms with van der Waals surface area (Å²) < 4.78 is 0. The Bertz CT molecular complexity index is 922. The molecule has 0 fully saturated rings. The van der Waals surface area contributed by atoms with Gasteiger partial charge in [-0.1, -0.05) is 82.0 Å². The minimum Gasteiger partial charge on any atom is -0.480 e. The first-order chi connectivity index (χ1) is 17.0. The van der Waals surface area contributed by atoms with Crippen LogP contribution in [-0.4, -0.2) is 28.0 Å². The van der Waals surface area contributed by atoms with Crippen molar-refractivity contribution in [2.24, 2.45) is 0 Å². The fourth-order valence-corrected chi connectivity index (χ4v) is 4.50. The number of fused-ring (bicyclic) bond motifs is 1. The summed E-state index contributed by atoms with van der Waals surface area (Å²) in [6, 6.07) is 6.41. The zero-order chi connectivity index (χ0) is 25.3. The van der Waals surface area contributed by atoms with Gasteiger partial charge in [-0.3, -0.25) is 4.79 Å². The molecule has 0 aliphatic carbocycles. The third-order valence-electron chi connectivity index (χ3n) is 6.36. The van der Waals surface area contributed by atoms with E-state index in [9.17, 15) is 14.7 Å². The van der Waals surface area contributed by atoms with Crippen LogP contribution in [0.1, 0.15) is 103 Å². The van der Waals surface area contributed by atoms with Crippen molar-refractivity contribution >= 4 is 34.4 Å². The summed E-state index contributed by atoms with van der Waals surface area (Å²) in [5, 5.41) is 13.8. The van der Waals surface area contributed by atoms with Crippen LogP contribution < -0.4 is 5.32 Å². The molecule has 3 N–H and O–H groups in total. The Morgan fingerprint density at radius 3 is 2.23 bits per heavy atom. The molecule has 1 heterocycles. The van der Waals surface area contributed by atoms with Crippen molar-refractivity contribution in [2.75, 3.05) is 0 Å². The van der Waals surface area contributed by atoms with Crippen LogP contribution in [0.15, 0.2) is 36.4 Å². The maximum Gasteiger partial charge on any atom is 0.326 e. The minimum absolute atomic E-state index is 0.200. The molecule has 0 saturated heterocycles. The maximum atomic E-state index is 12.3. The first-order valence-corrected chi connectivity index (χ1v) is 13.8. The smallest absolute Gasteiger partial charge is 0.326 e. The van der Waals surface area contributed by atoms with Crippen LogP contribution in [-0.2, 0) is 16.0 Å². The highest BCUT2D eigenvalue weighted by molar-refractivity contribution is 6.31. The van der Waals surface area contributed by atoms with E-state index in [4.69, 9.17) is 11.6 Å². The van der Waals surface area contributed by atoms with Gasteiger partial charge in [0.1, 0.15) is 6.04 Å². The van der Waals surface area contributed by atoms with Crippen LogP contribution in [0, 0.1) is 0 Å². The van der Waals surface area contributed by atoms with E-state index in [1.807, 2.05) is 18.2 Å². The second kappa shape index (κ2) is 17.2. The normalized spacial score (nSPS) is 12.4. The largest absolute Gasteiger partial charge is 0.480 e. The van der Waals surface area contributed by atoms with Crippen LogP contribution in [0.2, 0.25) is 5.02 Å². The number of allylic oxidation sites excluding steroid dienone is 2. The second-order valence-electron chi connectivity index (χ2n) is 9.52. The van der Waals surface area contributed by atoms with E-state index in [0.717, 1.165) is 42.3 Å². The molecule has 0 saturated carbocycles. The van der Waals surface area contributed by atoms with Gasteiger partial charge in [-0.2, -0.15) is 0 Å². The number of aromatic nitrogens is 1. The van der Waals surface area contributed by atoms with E-state index in [1.54, 1.807) is 6.07 Å². The molecular weight excluding hydrogens is 460 g/mol. The van der Waals surface area contributed by atoms with Crippen LogP contribution in [0.5, 0.6) is 0 Å². The lowest BCUT2D eigenvalue weighted by Gasteiger charge is -2.13. The maximum absolute atomic E-state index is 12.3. The first kappa shape index (κ1) is 29.0. The van der Waals surface area contributed by atoms with Crippen LogP contribution in [0.4, 0.5) is 0 Å². The van der Waals surface area contributed by atoms with Crippen molar-refractivity contribution < 1.29 is 14.7 Å². The number of carboxylic acid groups (broad SMARTS) is 1. The van der Waals surface area contributed by atoms with Crippen LogP contribution in [0.3, 0.4) is 0 Å². The zero-order valence-electron chi connectivity index (χ0n) is 21.3. The highest BCUT2D eigenvalue weighted by atomic mass is 35.5. The molecule has 1 amide bonds. The lowest BCUT2D eigenvalue weighted by atomic mass is 10.1. The molecule has 1 atom stereocenters. The number of carbonyl (C=O) groups excluding carboxylic acids is 1. The van der Waals surface area contributed by atoms with Crippen molar-refractivity contribution in [3.63, 3.8) is 0 Å². The van der Waals surface area contributed by atoms with Gasteiger partial charge in [-0.05, 0) is 56.4 Å². The summed E-state index contributed by atoms with van der Waals surface area (Å²) in [5.74, 6) is -1.23. The SMILES string of the molecule is CCCCCCCCC=CCCCCCCCC(=O)NC(Cc1cc2cc(Cl)ccc2[nH]1)C(=O)O. The molecule has 0 radical (unpaired) electrons. The van der Waals surface area contributed by atoms with E-state index < -0.39 is 12.0 Å². The third kappa shape index (κ3) is 12.3. The molecule has 0 aliphatic heterocycles. The molecule has 5 nitrogen and oxygen atoms in total. The van der Waals surface area contributed by atoms with Gasteiger partial charge in [0.25, 0.3) is 0 Å². The number of H-pyrrole nitrogens is 1. The molecule has 1 aromatic carbocycles. The average molecular weight is 503 g/mol. The molecule has 2 aromatic rings. The number of nitrogens with one attached hydrogen (secondary N) is 2. The van der Waals surface area contributed by atoms with Gasteiger partial charge < -0.3 is 15.4 Å². The van der Waals surface area contributed by atoms with Crippen molar-refractivity contribution in [2.45, 2.75) is 109 Å². The Morgan fingerprint density at radius 2 is 1.57 bits per heavy atom. The highest BCUT2D eigenvalue weighted by Gasteiger charge is 2.21. The van der Waals surface area contributed by atoms with Crippen molar-refractivity contribution in [1.82, 2.24) is 10.3 Å². The molecule has 2 rings (SSSR count). The lowest BCUT2D eigenvalue weighted by molar-refractivity contribution is -0.141. The zero-order valence-corrected chi connectivity index (χ0v) is 22.0. The number of carbonyl (C=O) groups is 2. The third-order valence-corrected chi connectivity index (χ3v) is 6.60. The Balaban J connectivity index is 1.53. The molecule has 35 heavy (non-hydrogen) atoms. The lowest BCUT2D eigenvalue weighted by Crippen LogP contribution is -2.42. The number of hydrogen-bond donors (Lipinski definition) is 3. The highest BCUT2D eigenvalue weighted by Crippen LogP contribution is 2.21. The molecule has 6 heteroatoms. The Labute approximate surface area is 215 Å². The number of aromatic amines is 1. The molecule has 1 aromatic heterocycles. The molecule has 194 valence electrons. The number of hydrogen-bond acceptors (Lipinski definition) is 2. The van der Waals surface area contributed by atoms with E-state index in [1.165, 1.54) is 57.8 Å². The summed E-state index contributed by atoms with van der Waals surface area (Å²) in [5.41, 5.74) is 1.66. The average Bonchev–Trinajstić information content (AvgIpc) is 3.22. The fraction of sp³-hybridized carbons (Fsp3) is 0.586. The predicted octanol–water partition coefficient (Wildman–Crippen LogP) is 7.97. The van der Waals surface area contributed by atoms with Crippen LogP contribution >= 0.6 is 11.6 Å². The number of benzene rings is 1. The Morgan fingerprint density at radius 1 is 0.943 bits per heavy atom. The van der Waals surface area contributed by atoms with E-state index >= 15 is 0 Å². The topological polar surface area (TPSA) is 82.2 Å². The molecule has 0 spiro atoms. The number of unbranched alkanes of at least 4 members (excludes halogenated alkanes) is 11. The summed E-state index contributed by atoms with van der Waals surface area (Å²) in [4.78, 5) is 27.2. The van der Waals surface area contributed by atoms with Gasteiger partial charge in [0.15, 0.2) is 0 Å². The Kier molecular flexibility index (Phi) is 14.2. The van der Waals surface area contributed by atoms with Crippen molar-refractivity contribution in [1.29, 1.82) is 0 Å². The summed E-state index contributed by atoms with van der Waals surface area (Å²) in [7, 11) is 0. The van der Waals surface area contributed by atoms with Gasteiger partial charge >= 0.3 is 5.97 Å². The van der Waals surface area contributed by atoms with Gasteiger partial charge in [0, 0.05) is 34.5 Å². The molecule has 1 unspecified atom stereocenters. The Hall–Kier alpha value is -2.27. The standard InChI is InChI=1S/C29H43ClN2O3/c1-2-3-4-5-6-7-8-9-10-11-12-13-14-15-16-17-28(33)32-27(29(34)35)22-25-21-23-20-24(30)18-19-26(23)31-25/h9-10,18-21,27,31H,2-8,11-17,22H2,1H3,(H,32,33)(H,34,35). The predicted molar refractivity (Wildman–Crippen MR) is 146 cm³/mol. The summed E-state index contributed by atoms with van der Waals surface area (Å²) in [6.07, 6.45) is 20.9. The monoisotopic (exact) mass is 502 g/mol. The summed E-state index contributed by atoms with van der Waals surface area (Å²) >= 11 is 6.02. The number of halogens is 1. The molecule has 0 aliphatic rings. The number of aliphatic carboxylic acids is 1. The van der Waals surface area contributed by atoms with Gasteiger partial charge in [0.05, 0.1) is 0 Å². The van der Waals surface area contributed by atoms with E-state index in [2.05, 4.69) is 29.4 Å². The number of carboxylic acids is 1. The van der Waals surface area contributed by atoms with Crippen LogP contribution in [0.25, 0.3) is 10.9 Å². The second-order valence-corrected chi connectivity index (χ2v) is 9.96. The first-order valence-electron chi connectivity index (χ1n) is 13.4. The fourth-order valence-electron chi connectivity index (χ4n) is 4.32. The number of rotatable bonds is 19. The summed E-state index contributed by atoms with van der Waals surface area (Å²) in [6.45, 7) is 2.25. The van der Waals surface area contributed by atoms with Crippen molar-refractivity contribution in [3.8, 4) is 0 Å². The van der Waals surface area contributed by atoms with Gasteiger partial charge in [-0.15, -0.1) is 0 Å².